The molecule has 2 aliphatic heterocycles. The molecule has 0 saturated heterocycles. The Morgan fingerprint density at radius 3 is 2.04 bits per heavy atom. The zero-order valence-corrected chi connectivity index (χ0v) is 30.5. The van der Waals surface area contributed by atoms with Crippen molar-refractivity contribution in [2.24, 2.45) is 5.16 Å². The van der Waals surface area contributed by atoms with Crippen LogP contribution in [0.15, 0.2) is 71.9 Å². The van der Waals surface area contributed by atoms with Crippen molar-refractivity contribution < 1.29 is 49.0 Å². The lowest BCUT2D eigenvalue weighted by Crippen LogP contribution is -2.38. The molecule has 2 heterocycles. The monoisotopic (exact) mass is 741 g/mol. The zero-order chi connectivity index (χ0) is 38.0. The first-order valence-electron chi connectivity index (χ1n) is 18.0. The molecule has 4 aromatic rings. The van der Waals surface area contributed by atoms with Crippen molar-refractivity contribution in [3.8, 4) is 23.0 Å². The molecule has 13 nitrogen and oxygen atoms in total. The third kappa shape index (κ3) is 8.55. The summed E-state index contributed by atoms with van der Waals surface area (Å²) in [5, 5.41) is 50.0. The lowest BCUT2D eigenvalue weighted by atomic mass is 9.93. The summed E-state index contributed by atoms with van der Waals surface area (Å²) in [6.07, 6.45) is 3.06. The van der Waals surface area contributed by atoms with E-state index in [1.165, 1.54) is 0 Å². The van der Waals surface area contributed by atoms with Gasteiger partial charge in [-0.15, -0.1) is 0 Å². The maximum atomic E-state index is 12.6. The number of nitrogens with zero attached hydrogens (tertiary/aromatic N) is 1. The Labute approximate surface area is 314 Å². The third-order valence-electron chi connectivity index (χ3n) is 9.67. The number of fused-ring (bicyclic) bond motifs is 1. The molecule has 2 atom stereocenters. The molecular weight excluding hydrogens is 694 g/mol. The lowest BCUT2D eigenvalue weighted by Gasteiger charge is -2.28. The first kappa shape index (κ1) is 38.4. The summed E-state index contributed by atoms with van der Waals surface area (Å²) in [7, 11) is 3.13. The molecule has 54 heavy (non-hydrogen) atoms. The summed E-state index contributed by atoms with van der Waals surface area (Å²) in [6, 6.07) is 20.1. The van der Waals surface area contributed by atoms with Crippen molar-refractivity contribution in [2.45, 2.75) is 70.8 Å². The molecule has 1 amide bonds. The Morgan fingerprint density at radius 1 is 0.722 bits per heavy atom. The molecule has 4 aromatic carbocycles. The smallest absolute Gasteiger partial charge is 0.255 e. The van der Waals surface area contributed by atoms with Gasteiger partial charge in [-0.2, -0.15) is 0 Å². The second-order valence-corrected chi connectivity index (χ2v) is 13.1. The summed E-state index contributed by atoms with van der Waals surface area (Å²) in [5.41, 5.74) is 6.54. The highest BCUT2D eigenvalue weighted by molar-refractivity contribution is 6.02. The number of para-hydroxylation sites is 1. The average molecular weight is 742 g/mol. The van der Waals surface area contributed by atoms with E-state index in [4.69, 9.17) is 23.8 Å². The van der Waals surface area contributed by atoms with Gasteiger partial charge in [0.25, 0.3) is 5.91 Å². The Kier molecular flexibility index (Phi) is 12.9. The molecule has 0 aromatic heterocycles. The molecule has 286 valence electrons. The summed E-state index contributed by atoms with van der Waals surface area (Å²) >= 11 is 0. The van der Waals surface area contributed by atoms with Crippen LogP contribution in [-0.4, -0.2) is 59.5 Å². The zero-order valence-electron chi connectivity index (χ0n) is 30.5. The second kappa shape index (κ2) is 18.1. The number of methoxy groups -OCH3 is 2. The number of ether oxygens (including phenoxy) is 4. The first-order chi connectivity index (χ1) is 26.4. The highest BCUT2D eigenvalue weighted by Crippen LogP contribution is 2.43. The number of benzene rings is 4. The fourth-order valence-corrected chi connectivity index (χ4v) is 6.74. The van der Waals surface area contributed by atoms with Gasteiger partial charge in [0.2, 0.25) is 5.75 Å². The number of aliphatic hydroxyl groups is 4. The number of aliphatic hydroxyl groups excluding tert-OH is 4. The highest BCUT2D eigenvalue weighted by atomic mass is 16.6. The number of unbranched alkanes of at least 4 members (excludes halogenated alkanes) is 3. The fraction of sp³-hybridized carbons (Fsp3) is 0.366. The minimum absolute atomic E-state index is 0.150. The van der Waals surface area contributed by atoms with Gasteiger partial charge in [-0.25, -0.2) is 0 Å². The van der Waals surface area contributed by atoms with E-state index in [1.54, 1.807) is 32.4 Å². The average Bonchev–Trinajstić information content (AvgIpc) is 3.71. The number of rotatable bonds is 18. The minimum atomic E-state index is -0.423. The van der Waals surface area contributed by atoms with Crippen LogP contribution < -0.4 is 29.6 Å². The van der Waals surface area contributed by atoms with Gasteiger partial charge in [0.1, 0.15) is 11.9 Å². The number of nitrogens with one attached hydrogen (secondary N) is 2. The molecule has 6 N–H and O–H groups in total. The number of oxime groups is 1. The van der Waals surface area contributed by atoms with E-state index < -0.39 is 12.3 Å². The van der Waals surface area contributed by atoms with E-state index in [2.05, 4.69) is 15.8 Å². The van der Waals surface area contributed by atoms with Crippen LogP contribution in [0.2, 0.25) is 0 Å². The minimum Gasteiger partial charge on any atom is -0.493 e. The number of hydrogen-bond donors (Lipinski definition) is 6. The van der Waals surface area contributed by atoms with Crippen LogP contribution in [0.5, 0.6) is 23.0 Å². The lowest BCUT2D eigenvalue weighted by molar-refractivity contribution is 0.0852. The summed E-state index contributed by atoms with van der Waals surface area (Å²) in [4.78, 5) is 18.4. The molecule has 6 rings (SSSR count). The van der Waals surface area contributed by atoms with Crippen molar-refractivity contribution in [3.63, 3.8) is 0 Å². The maximum absolute atomic E-state index is 12.6. The standard InChI is InChI=1S/C41H47N3O10/c1-50-37-18-27(36-20-34(44-54-36)26-16-28(21-45)32(24-48)29(17-26)22-46)19-38(51-2)39(37)53-14-8-4-3-7-13-52-35-12-11-25(15-30(35)23-47)40-42-33-10-6-5-9-31(33)41(49)43-40/h5-6,9-12,15-19,36,40,42,45-48H,3-4,7-8,13-14,20-24H2,1-2H3,(H,43,49). The molecule has 0 radical (unpaired) electrons. The molecule has 2 unspecified atom stereocenters. The van der Waals surface area contributed by atoms with Crippen LogP contribution in [0.4, 0.5) is 5.69 Å². The van der Waals surface area contributed by atoms with Gasteiger partial charge in [-0.05, 0) is 96.5 Å². The predicted octanol–water partition coefficient (Wildman–Crippen LogP) is 5.41. The van der Waals surface area contributed by atoms with Gasteiger partial charge in [0, 0.05) is 28.8 Å². The van der Waals surface area contributed by atoms with E-state index in [-0.39, 0.29) is 32.3 Å². The third-order valence-corrected chi connectivity index (χ3v) is 9.67. The molecular formula is C41H47N3O10. The van der Waals surface area contributed by atoms with Crippen molar-refractivity contribution in [1.29, 1.82) is 0 Å². The van der Waals surface area contributed by atoms with Crippen LogP contribution in [0, 0.1) is 0 Å². The van der Waals surface area contributed by atoms with E-state index in [0.29, 0.717) is 81.7 Å². The van der Waals surface area contributed by atoms with Crippen LogP contribution in [0.1, 0.15) is 93.7 Å². The van der Waals surface area contributed by atoms with Crippen molar-refractivity contribution in [2.75, 3.05) is 32.8 Å². The van der Waals surface area contributed by atoms with Crippen LogP contribution >= 0.6 is 0 Å². The molecule has 0 saturated carbocycles. The largest absolute Gasteiger partial charge is 0.493 e. The second-order valence-electron chi connectivity index (χ2n) is 13.1. The van der Waals surface area contributed by atoms with Gasteiger partial charge in [0.15, 0.2) is 17.6 Å². The number of anilines is 1. The molecule has 2 aliphatic rings. The topological polar surface area (TPSA) is 181 Å². The van der Waals surface area contributed by atoms with Crippen LogP contribution in [0.25, 0.3) is 0 Å². The van der Waals surface area contributed by atoms with Crippen molar-refractivity contribution in [3.05, 3.63) is 111 Å². The summed E-state index contributed by atoms with van der Waals surface area (Å²) in [6.45, 7) is -0.0802. The Balaban J connectivity index is 0.966. The SMILES string of the molecule is COc1cc(C2CC(c3cc(CO)c(CO)c(CO)c3)=NO2)cc(OC)c1OCCCCCCOc1ccc(C2NC(=O)c3ccccc3N2)cc1CO. The normalized spacial score (nSPS) is 16.1. The van der Waals surface area contributed by atoms with Gasteiger partial charge in [-0.1, -0.05) is 23.4 Å². The molecule has 13 heteroatoms. The predicted molar refractivity (Wildman–Crippen MR) is 201 cm³/mol. The Hall–Kier alpha value is -5.34. The number of carbonyl (C=O) groups excluding carboxylic acids is 1. The van der Waals surface area contributed by atoms with E-state index >= 15 is 0 Å². The molecule has 0 spiro atoms. The number of hydrogen-bond acceptors (Lipinski definition) is 12. The highest BCUT2D eigenvalue weighted by Gasteiger charge is 2.28. The molecule has 0 aliphatic carbocycles. The van der Waals surface area contributed by atoms with E-state index in [9.17, 15) is 25.2 Å². The van der Waals surface area contributed by atoms with Crippen LogP contribution in [0.3, 0.4) is 0 Å². The number of carbonyl (C=O) groups is 1. The van der Waals surface area contributed by atoms with E-state index in [0.717, 1.165) is 42.5 Å². The van der Waals surface area contributed by atoms with Gasteiger partial charge >= 0.3 is 0 Å². The number of amides is 1. The molecule has 0 fully saturated rings. The quantitative estimate of drug-likeness (QED) is 0.0718. The van der Waals surface area contributed by atoms with E-state index in [1.807, 2.05) is 48.5 Å². The molecule has 0 bridgehead atoms. The van der Waals surface area contributed by atoms with Crippen molar-refractivity contribution in [1.82, 2.24) is 5.32 Å². The van der Waals surface area contributed by atoms with Gasteiger partial charge in [0.05, 0.1) is 65.1 Å². The maximum Gasteiger partial charge on any atom is 0.255 e. The summed E-state index contributed by atoms with van der Waals surface area (Å²) < 4.78 is 23.5. The Morgan fingerprint density at radius 2 is 1.39 bits per heavy atom. The van der Waals surface area contributed by atoms with Crippen molar-refractivity contribution >= 4 is 17.3 Å². The summed E-state index contributed by atoms with van der Waals surface area (Å²) in [5.74, 6) is 1.97. The van der Waals surface area contributed by atoms with Gasteiger partial charge < -0.3 is 54.8 Å². The van der Waals surface area contributed by atoms with Gasteiger partial charge in [-0.3, -0.25) is 4.79 Å². The first-order valence-corrected chi connectivity index (χ1v) is 18.0. The fourth-order valence-electron chi connectivity index (χ4n) is 6.74. The van der Waals surface area contributed by atoms with Crippen LogP contribution in [-0.2, 0) is 31.3 Å². The Bertz CT molecular complexity index is 1920.